The maximum atomic E-state index is 10.1. The Morgan fingerprint density at radius 1 is 1.33 bits per heavy atom. The summed E-state index contributed by atoms with van der Waals surface area (Å²) in [4.78, 5) is 10.3. The Bertz CT molecular complexity index is 450. The molecule has 1 aliphatic heterocycles. The summed E-state index contributed by atoms with van der Waals surface area (Å²) < 4.78 is 0. The van der Waals surface area contributed by atoms with Crippen molar-refractivity contribution in [2.24, 2.45) is 0 Å². The molecule has 2 rings (SSSR count). The van der Waals surface area contributed by atoms with Crippen molar-refractivity contribution in [2.45, 2.75) is 38.7 Å². The molecule has 1 fully saturated rings. The van der Waals surface area contributed by atoms with Crippen molar-refractivity contribution >= 4 is 23.1 Å². The molecule has 0 saturated carbocycles. The number of aromatic nitrogens is 2. The van der Waals surface area contributed by atoms with Crippen molar-refractivity contribution in [3.8, 4) is 0 Å². The van der Waals surface area contributed by atoms with E-state index >= 15 is 0 Å². The number of nitrogens with two attached hydrogens (primary N) is 1. The first-order valence-electron chi connectivity index (χ1n) is 6.16. The van der Waals surface area contributed by atoms with Gasteiger partial charge >= 0.3 is 0 Å². The van der Waals surface area contributed by atoms with E-state index < -0.39 is 5.60 Å². The van der Waals surface area contributed by atoms with Crippen LogP contribution >= 0.6 is 11.6 Å². The van der Waals surface area contributed by atoms with Crippen molar-refractivity contribution in [3.05, 3.63) is 11.0 Å². The van der Waals surface area contributed by atoms with Crippen molar-refractivity contribution < 1.29 is 5.11 Å². The molecule has 18 heavy (non-hydrogen) atoms. The van der Waals surface area contributed by atoms with Gasteiger partial charge in [-0.2, -0.15) is 4.98 Å². The lowest BCUT2D eigenvalue weighted by Crippen LogP contribution is -2.29. The summed E-state index contributed by atoms with van der Waals surface area (Å²) >= 11 is 5.88. The highest BCUT2D eigenvalue weighted by atomic mass is 35.5. The van der Waals surface area contributed by atoms with Gasteiger partial charge in [-0.15, -0.1) is 0 Å². The molecule has 1 aromatic rings. The average Bonchev–Trinajstić information content (AvgIpc) is 2.45. The van der Waals surface area contributed by atoms with Crippen LogP contribution < -0.4 is 10.6 Å². The molecule has 0 amide bonds. The molecule has 0 radical (unpaired) electrons. The van der Waals surface area contributed by atoms with Crippen LogP contribution in [-0.4, -0.2) is 33.8 Å². The third kappa shape index (κ3) is 2.84. The predicted molar refractivity (Wildman–Crippen MR) is 72.9 cm³/mol. The molecule has 0 bridgehead atoms. The normalized spacial score (nSPS) is 25.0. The highest BCUT2D eigenvalue weighted by Crippen LogP contribution is 2.29. The van der Waals surface area contributed by atoms with Crippen molar-refractivity contribution in [1.29, 1.82) is 0 Å². The second-order valence-electron chi connectivity index (χ2n) is 5.15. The maximum absolute atomic E-state index is 10.1. The first-order chi connectivity index (χ1) is 8.39. The smallest absolute Gasteiger partial charge is 0.224 e. The third-order valence-corrected chi connectivity index (χ3v) is 3.62. The molecule has 1 unspecified atom stereocenters. The van der Waals surface area contributed by atoms with Gasteiger partial charge in [0.15, 0.2) is 5.82 Å². The quantitative estimate of drug-likeness (QED) is 0.761. The largest absolute Gasteiger partial charge is 0.394 e. The Morgan fingerprint density at radius 2 is 2.06 bits per heavy atom. The van der Waals surface area contributed by atoms with E-state index in [9.17, 15) is 5.11 Å². The van der Waals surface area contributed by atoms with Crippen molar-refractivity contribution in [3.63, 3.8) is 0 Å². The maximum Gasteiger partial charge on any atom is 0.224 e. The lowest BCUT2D eigenvalue weighted by Gasteiger charge is -2.24. The fourth-order valence-corrected chi connectivity index (χ4v) is 2.46. The average molecular weight is 271 g/mol. The van der Waals surface area contributed by atoms with Crippen LogP contribution in [0.3, 0.4) is 0 Å². The topological polar surface area (TPSA) is 75.3 Å². The van der Waals surface area contributed by atoms with E-state index in [1.165, 1.54) is 0 Å². The third-order valence-electron chi connectivity index (χ3n) is 3.45. The number of nitrogens with zero attached hydrogens (tertiary/aromatic N) is 3. The minimum absolute atomic E-state index is 0.215. The second-order valence-corrected chi connectivity index (χ2v) is 5.49. The molecule has 1 saturated heterocycles. The Hall–Kier alpha value is -1.07. The number of rotatable bonds is 1. The van der Waals surface area contributed by atoms with Gasteiger partial charge in [0.05, 0.1) is 17.0 Å². The van der Waals surface area contributed by atoms with Gasteiger partial charge in [-0.25, -0.2) is 4.98 Å². The molecule has 6 heteroatoms. The Kier molecular flexibility index (Phi) is 3.64. The van der Waals surface area contributed by atoms with E-state index in [1.54, 1.807) is 0 Å². The van der Waals surface area contributed by atoms with Gasteiger partial charge in [0.1, 0.15) is 0 Å². The molecule has 1 aromatic heterocycles. The zero-order valence-electron chi connectivity index (χ0n) is 10.8. The zero-order valence-corrected chi connectivity index (χ0v) is 11.5. The van der Waals surface area contributed by atoms with Gasteiger partial charge in [0, 0.05) is 13.1 Å². The number of anilines is 2. The van der Waals surface area contributed by atoms with Crippen LogP contribution in [0.1, 0.15) is 31.9 Å². The zero-order chi connectivity index (χ0) is 13.3. The van der Waals surface area contributed by atoms with Gasteiger partial charge in [0.2, 0.25) is 5.28 Å². The molecule has 2 heterocycles. The number of halogens is 1. The molecule has 0 spiro atoms. The van der Waals surface area contributed by atoms with E-state index in [1.807, 2.05) is 13.8 Å². The summed E-state index contributed by atoms with van der Waals surface area (Å²) in [5.41, 5.74) is 6.68. The van der Waals surface area contributed by atoms with Crippen molar-refractivity contribution in [1.82, 2.24) is 9.97 Å². The van der Waals surface area contributed by atoms with Crippen molar-refractivity contribution in [2.75, 3.05) is 23.7 Å². The van der Waals surface area contributed by atoms with Crippen LogP contribution in [-0.2, 0) is 0 Å². The molecule has 0 aliphatic carbocycles. The fourth-order valence-electron chi connectivity index (χ4n) is 2.25. The summed E-state index contributed by atoms with van der Waals surface area (Å²) in [7, 11) is 0. The standard InChI is InChI=1S/C12H19ClN4O/c1-8-9(14)10(16-11(13)15-8)17-6-3-4-12(2,18)5-7-17/h18H,3-7,14H2,1-2H3. The lowest BCUT2D eigenvalue weighted by molar-refractivity contribution is 0.0481. The van der Waals surface area contributed by atoms with Crippen LogP contribution in [0.5, 0.6) is 0 Å². The minimum atomic E-state index is -0.602. The Morgan fingerprint density at radius 3 is 2.78 bits per heavy atom. The second kappa shape index (κ2) is 4.90. The van der Waals surface area contributed by atoms with Gasteiger partial charge in [-0.05, 0) is 44.7 Å². The number of hydrogen-bond donors (Lipinski definition) is 2. The van der Waals surface area contributed by atoms with Gasteiger partial charge in [0.25, 0.3) is 0 Å². The highest BCUT2D eigenvalue weighted by molar-refractivity contribution is 6.28. The molecule has 5 nitrogen and oxygen atoms in total. The van der Waals surface area contributed by atoms with E-state index in [4.69, 9.17) is 17.3 Å². The minimum Gasteiger partial charge on any atom is -0.394 e. The van der Waals surface area contributed by atoms with Crippen LogP contribution in [0.4, 0.5) is 11.5 Å². The summed E-state index contributed by atoms with van der Waals surface area (Å²) in [5, 5.41) is 10.3. The first-order valence-corrected chi connectivity index (χ1v) is 6.54. The van der Waals surface area contributed by atoms with E-state index in [-0.39, 0.29) is 5.28 Å². The summed E-state index contributed by atoms with van der Waals surface area (Å²) in [6.45, 7) is 5.25. The number of nitrogen functional groups attached to an aromatic ring is 1. The molecule has 1 aliphatic rings. The number of hydrogen-bond acceptors (Lipinski definition) is 5. The Balaban J connectivity index is 2.26. The van der Waals surface area contributed by atoms with Gasteiger partial charge in [-0.1, -0.05) is 0 Å². The summed E-state index contributed by atoms with van der Waals surface area (Å²) in [5.74, 6) is 0.685. The SMILES string of the molecule is Cc1nc(Cl)nc(N2CCCC(C)(O)CC2)c1N. The molecule has 1 atom stereocenters. The number of aryl methyl sites for hydroxylation is 1. The van der Waals surface area contributed by atoms with E-state index in [0.29, 0.717) is 23.6 Å². The summed E-state index contributed by atoms with van der Waals surface area (Å²) in [6.07, 6.45) is 2.40. The number of aliphatic hydroxyl groups is 1. The van der Waals surface area contributed by atoms with Crippen LogP contribution in [0.15, 0.2) is 0 Å². The van der Waals surface area contributed by atoms with Gasteiger partial charge in [-0.3, -0.25) is 0 Å². The Labute approximate surface area is 112 Å². The molecule has 100 valence electrons. The molecular formula is C12H19ClN4O. The monoisotopic (exact) mass is 270 g/mol. The van der Waals surface area contributed by atoms with E-state index in [0.717, 1.165) is 25.9 Å². The predicted octanol–water partition coefficient (Wildman–Crippen LogP) is 1.76. The summed E-state index contributed by atoms with van der Waals surface area (Å²) in [6, 6.07) is 0. The van der Waals surface area contributed by atoms with Crippen LogP contribution in [0.2, 0.25) is 5.28 Å². The van der Waals surface area contributed by atoms with Crippen LogP contribution in [0.25, 0.3) is 0 Å². The van der Waals surface area contributed by atoms with E-state index in [2.05, 4.69) is 14.9 Å². The van der Waals surface area contributed by atoms with Crippen LogP contribution in [0, 0.1) is 6.92 Å². The molecule has 3 N–H and O–H groups in total. The first kappa shape index (κ1) is 13.4. The molecular weight excluding hydrogens is 252 g/mol. The van der Waals surface area contributed by atoms with Gasteiger partial charge < -0.3 is 15.7 Å². The lowest BCUT2D eigenvalue weighted by atomic mass is 9.98. The highest BCUT2D eigenvalue weighted by Gasteiger charge is 2.26. The fraction of sp³-hybridized carbons (Fsp3) is 0.667. The molecule has 0 aromatic carbocycles.